The van der Waals surface area contributed by atoms with Gasteiger partial charge in [-0.2, -0.15) is 13.2 Å². The van der Waals surface area contributed by atoms with E-state index in [1.165, 1.54) is 12.1 Å². The van der Waals surface area contributed by atoms with Gasteiger partial charge in [0.15, 0.2) is 6.10 Å². The molecule has 0 heterocycles. The molecule has 0 spiro atoms. The van der Waals surface area contributed by atoms with Gasteiger partial charge in [0.1, 0.15) is 5.75 Å². The third-order valence-electron chi connectivity index (χ3n) is 2.91. The molecule has 1 atom stereocenters. The molecular formula is C16H14F3NO2. The Morgan fingerprint density at radius 1 is 1.05 bits per heavy atom. The summed E-state index contributed by atoms with van der Waals surface area (Å²) in [5, 5.41) is 2.51. The number of benzene rings is 2. The molecule has 0 unspecified atom stereocenters. The Hall–Kier alpha value is -2.50. The van der Waals surface area contributed by atoms with Crippen molar-refractivity contribution in [2.24, 2.45) is 0 Å². The maximum Gasteiger partial charge on any atom is 0.416 e. The summed E-state index contributed by atoms with van der Waals surface area (Å²) in [7, 11) is 0. The average molecular weight is 309 g/mol. The van der Waals surface area contributed by atoms with Gasteiger partial charge in [-0.25, -0.2) is 0 Å². The van der Waals surface area contributed by atoms with E-state index in [1.807, 2.05) is 6.07 Å². The lowest BCUT2D eigenvalue weighted by Gasteiger charge is -2.15. The molecule has 0 bridgehead atoms. The minimum absolute atomic E-state index is 0.279. The Morgan fingerprint density at radius 3 is 2.18 bits per heavy atom. The van der Waals surface area contributed by atoms with Crippen LogP contribution in [-0.2, 0) is 11.0 Å². The molecule has 0 radical (unpaired) electrons. The first kappa shape index (κ1) is 15.9. The Labute approximate surface area is 125 Å². The summed E-state index contributed by atoms with van der Waals surface area (Å²) in [5.41, 5.74) is -0.486. The summed E-state index contributed by atoms with van der Waals surface area (Å²) in [5.74, 6) is 0.0983. The van der Waals surface area contributed by atoms with E-state index < -0.39 is 23.8 Å². The van der Waals surface area contributed by atoms with Crippen molar-refractivity contribution in [3.05, 3.63) is 60.2 Å². The second kappa shape index (κ2) is 6.51. The van der Waals surface area contributed by atoms with E-state index in [-0.39, 0.29) is 5.69 Å². The fraction of sp³-hybridized carbons (Fsp3) is 0.188. The maximum absolute atomic E-state index is 12.4. The predicted octanol–water partition coefficient (Wildman–Crippen LogP) is 4.11. The second-order valence-corrected chi connectivity index (χ2v) is 4.64. The summed E-state index contributed by atoms with van der Waals surface area (Å²) in [4.78, 5) is 11.9. The van der Waals surface area contributed by atoms with Crippen LogP contribution < -0.4 is 10.1 Å². The first-order chi connectivity index (χ1) is 10.4. The lowest BCUT2D eigenvalue weighted by molar-refractivity contribution is -0.137. The van der Waals surface area contributed by atoms with Gasteiger partial charge in [0.25, 0.3) is 5.91 Å². The number of hydrogen-bond acceptors (Lipinski definition) is 2. The first-order valence-electron chi connectivity index (χ1n) is 6.56. The van der Waals surface area contributed by atoms with Gasteiger partial charge in [-0.1, -0.05) is 18.2 Å². The van der Waals surface area contributed by atoms with Crippen LogP contribution in [0.25, 0.3) is 0 Å². The number of para-hydroxylation sites is 1. The molecule has 22 heavy (non-hydrogen) atoms. The molecule has 116 valence electrons. The molecule has 0 saturated carbocycles. The highest BCUT2D eigenvalue weighted by Crippen LogP contribution is 2.29. The molecule has 2 aromatic rings. The van der Waals surface area contributed by atoms with Gasteiger partial charge < -0.3 is 10.1 Å². The summed E-state index contributed by atoms with van der Waals surface area (Å²) in [6.07, 6.45) is -5.17. The number of carbonyl (C=O) groups excluding carboxylic acids is 1. The quantitative estimate of drug-likeness (QED) is 0.923. The molecule has 1 N–H and O–H groups in total. The molecule has 0 aliphatic heterocycles. The Morgan fingerprint density at radius 2 is 1.64 bits per heavy atom. The highest BCUT2D eigenvalue weighted by Gasteiger charge is 2.30. The summed E-state index contributed by atoms with van der Waals surface area (Å²) >= 11 is 0. The standard InChI is InChI=1S/C16H14F3NO2/c1-11(22-14-5-3-2-4-6-14)15(21)20-13-9-7-12(8-10-13)16(17,18)19/h2-11H,1H3,(H,20,21)/t11-/m0/s1. The van der Waals surface area contributed by atoms with E-state index in [9.17, 15) is 18.0 Å². The van der Waals surface area contributed by atoms with Crippen molar-refractivity contribution in [3.63, 3.8) is 0 Å². The lowest BCUT2D eigenvalue weighted by atomic mass is 10.2. The molecule has 6 heteroatoms. The van der Waals surface area contributed by atoms with Crippen LogP contribution in [0, 0.1) is 0 Å². The van der Waals surface area contributed by atoms with Crippen molar-refractivity contribution in [2.75, 3.05) is 5.32 Å². The zero-order chi connectivity index (χ0) is 16.2. The monoisotopic (exact) mass is 309 g/mol. The van der Waals surface area contributed by atoms with Gasteiger partial charge in [-0.05, 0) is 43.3 Å². The van der Waals surface area contributed by atoms with Gasteiger partial charge in [0.2, 0.25) is 0 Å². The molecule has 0 aliphatic carbocycles. The maximum atomic E-state index is 12.4. The normalized spacial score (nSPS) is 12.5. The van der Waals surface area contributed by atoms with Gasteiger partial charge in [0, 0.05) is 5.69 Å². The molecular weight excluding hydrogens is 295 g/mol. The van der Waals surface area contributed by atoms with Crippen molar-refractivity contribution < 1.29 is 22.7 Å². The van der Waals surface area contributed by atoms with Crippen LogP contribution in [0.5, 0.6) is 5.75 Å². The predicted molar refractivity (Wildman–Crippen MR) is 76.6 cm³/mol. The number of amides is 1. The van der Waals surface area contributed by atoms with Crippen LogP contribution in [0.2, 0.25) is 0 Å². The number of nitrogens with one attached hydrogen (secondary N) is 1. The van der Waals surface area contributed by atoms with E-state index in [4.69, 9.17) is 4.74 Å². The molecule has 3 nitrogen and oxygen atoms in total. The number of halogens is 3. The molecule has 0 aliphatic rings. The van der Waals surface area contributed by atoms with E-state index >= 15 is 0 Å². The summed E-state index contributed by atoms with van der Waals surface area (Å²) in [6.45, 7) is 1.56. The van der Waals surface area contributed by atoms with E-state index in [2.05, 4.69) is 5.32 Å². The Bertz CT molecular complexity index is 624. The first-order valence-corrected chi connectivity index (χ1v) is 6.56. The highest BCUT2D eigenvalue weighted by molar-refractivity contribution is 5.94. The Balaban J connectivity index is 1.96. The minimum atomic E-state index is -4.40. The van der Waals surface area contributed by atoms with E-state index in [1.54, 1.807) is 31.2 Å². The number of ether oxygens (including phenoxy) is 1. The zero-order valence-corrected chi connectivity index (χ0v) is 11.7. The number of hydrogen-bond donors (Lipinski definition) is 1. The SMILES string of the molecule is C[C@H](Oc1ccccc1)C(=O)Nc1ccc(C(F)(F)F)cc1. The van der Waals surface area contributed by atoms with Crippen LogP contribution >= 0.6 is 0 Å². The van der Waals surface area contributed by atoms with Crippen molar-refractivity contribution in [3.8, 4) is 5.75 Å². The average Bonchev–Trinajstić information content (AvgIpc) is 2.48. The third-order valence-corrected chi connectivity index (χ3v) is 2.91. The van der Waals surface area contributed by atoms with E-state index in [0.717, 1.165) is 12.1 Å². The van der Waals surface area contributed by atoms with Crippen LogP contribution in [0.4, 0.5) is 18.9 Å². The summed E-state index contributed by atoms with van der Waals surface area (Å²) < 4.78 is 42.8. The molecule has 1 amide bonds. The lowest BCUT2D eigenvalue weighted by Crippen LogP contribution is -2.30. The van der Waals surface area contributed by atoms with Gasteiger partial charge in [0.05, 0.1) is 5.56 Å². The molecule has 2 rings (SSSR count). The highest BCUT2D eigenvalue weighted by atomic mass is 19.4. The van der Waals surface area contributed by atoms with Gasteiger partial charge in [-0.3, -0.25) is 4.79 Å². The Kier molecular flexibility index (Phi) is 4.70. The fourth-order valence-corrected chi connectivity index (χ4v) is 1.74. The van der Waals surface area contributed by atoms with E-state index in [0.29, 0.717) is 5.75 Å². The number of alkyl halides is 3. The smallest absolute Gasteiger partial charge is 0.416 e. The zero-order valence-electron chi connectivity index (χ0n) is 11.7. The van der Waals surface area contributed by atoms with Gasteiger partial charge in [-0.15, -0.1) is 0 Å². The summed E-state index contributed by atoms with van der Waals surface area (Å²) in [6, 6.07) is 13.0. The van der Waals surface area contributed by atoms with Crippen LogP contribution in [-0.4, -0.2) is 12.0 Å². The minimum Gasteiger partial charge on any atom is -0.481 e. The molecule has 0 saturated heterocycles. The van der Waals surface area contributed by atoms with Crippen LogP contribution in [0.15, 0.2) is 54.6 Å². The largest absolute Gasteiger partial charge is 0.481 e. The fourth-order valence-electron chi connectivity index (χ4n) is 1.74. The van der Waals surface area contributed by atoms with Crippen molar-refractivity contribution in [1.82, 2.24) is 0 Å². The second-order valence-electron chi connectivity index (χ2n) is 4.64. The number of anilines is 1. The molecule has 0 aromatic heterocycles. The topological polar surface area (TPSA) is 38.3 Å². The third kappa shape index (κ3) is 4.25. The van der Waals surface area contributed by atoms with Crippen LogP contribution in [0.3, 0.4) is 0 Å². The van der Waals surface area contributed by atoms with Crippen molar-refractivity contribution in [2.45, 2.75) is 19.2 Å². The van der Waals surface area contributed by atoms with Crippen molar-refractivity contribution in [1.29, 1.82) is 0 Å². The van der Waals surface area contributed by atoms with Crippen molar-refractivity contribution >= 4 is 11.6 Å². The van der Waals surface area contributed by atoms with Gasteiger partial charge >= 0.3 is 6.18 Å². The molecule has 0 fully saturated rings. The number of rotatable bonds is 4. The molecule has 2 aromatic carbocycles. The van der Waals surface area contributed by atoms with Crippen LogP contribution in [0.1, 0.15) is 12.5 Å². The number of carbonyl (C=O) groups is 1.